The molecule has 0 aromatic carbocycles. The first-order valence-corrected chi connectivity index (χ1v) is 7.82. The summed E-state index contributed by atoms with van der Waals surface area (Å²) in [6.07, 6.45) is 0. The van der Waals surface area contributed by atoms with Crippen LogP contribution in [0.2, 0.25) is 0 Å². The standard InChI is InChI=1S/C16H36NO4/c1-16(2,3)15-21-14-13-20-12-11-19-10-9-18-8-7-17(4,5)6/h7-15H2,1-6H3/q+1. The van der Waals surface area contributed by atoms with Gasteiger partial charge in [0.25, 0.3) is 0 Å². The molecule has 5 heteroatoms. The Balaban J connectivity index is 3.10. The van der Waals surface area contributed by atoms with E-state index in [9.17, 15) is 0 Å². The molecule has 0 aromatic heterocycles. The van der Waals surface area contributed by atoms with E-state index in [1.807, 2.05) is 0 Å². The van der Waals surface area contributed by atoms with E-state index in [4.69, 9.17) is 18.9 Å². The van der Waals surface area contributed by atoms with Gasteiger partial charge in [-0.3, -0.25) is 0 Å². The fourth-order valence-electron chi connectivity index (χ4n) is 1.38. The van der Waals surface area contributed by atoms with Crippen LogP contribution in [-0.2, 0) is 18.9 Å². The van der Waals surface area contributed by atoms with Crippen LogP contribution < -0.4 is 0 Å². The predicted molar refractivity (Wildman–Crippen MR) is 85.6 cm³/mol. The Bertz CT molecular complexity index is 209. The molecule has 0 aliphatic carbocycles. The Labute approximate surface area is 131 Å². The Morgan fingerprint density at radius 2 is 1.00 bits per heavy atom. The van der Waals surface area contributed by atoms with Gasteiger partial charge in [0.2, 0.25) is 0 Å². The Kier molecular flexibility index (Phi) is 11.3. The molecule has 21 heavy (non-hydrogen) atoms. The van der Waals surface area contributed by atoms with Gasteiger partial charge in [-0.1, -0.05) is 20.8 Å². The maximum Gasteiger partial charge on any atom is 0.102 e. The van der Waals surface area contributed by atoms with E-state index in [-0.39, 0.29) is 5.41 Å². The summed E-state index contributed by atoms with van der Waals surface area (Å²) in [7, 11) is 6.47. The first-order chi connectivity index (χ1) is 9.71. The van der Waals surface area contributed by atoms with Gasteiger partial charge in [-0.2, -0.15) is 0 Å². The van der Waals surface area contributed by atoms with E-state index in [2.05, 4.69) is 41.9 Å². The summed E-state index contributed by atoms with van der Waals surface area (Å²) in [4.78, 5) is 0. The van der Waals surface area contributed by atoms with E-state index < -0.39 is 0 Å². The van der Waals surface area contributed by atoms with Crippen LogP contribution in [0.4, 0.5) is 0 Å². The molecule has 0 saturated heterocycles. The molecule has 0 radical (unpaired) electrons. The third-order valence-corrected chi connectivity index (χ3v) is 2.56. The van der Waals surface area contributed by atoms with Gasteiger partial charge >= 0.3 is 0 Å². The minimum absolute atomic E-state index is 0.217. The minimum Gasteiger partial charge on any atom is -0.379 e. The predicted octanol–water partition coefficient (Wildman–Crippen LogP) is 1.81. The Morgan fingerprint density at radius 1 is 0.619 bits per heavy atom. The van der Waals surface area contributed by atoms with Crippen LogP contribution in [0.3, 0.4) is 0 Å². The van der Waals surface area contributed by atoms with Crippen LogP contribution >= 0.6 is 0 Å². The lowest BCUT2D eigenvalue weighted by Gasteiger charge is -2.23. The Morgan fingerprint density at radius 3 is 1.38 bits per heavy atom. The van der Waals surface area contributed by atoms with Crippen LogP contribution in [0.5, 0.6) is 0 Å². The first-order valence-electron chi connectivity index (χ1n) is 7.82. The van der Waals surface area contributed by atoms with Gasteiger partial charge < -0.3 is 23.4 Å². The van der Waals surface area contributed by atoms with Crippen molar-refractivity contribution < 1.29 is 23.4 Å². The van der Waals surface area contributed by atoms with Gasteiger partial charge in [-0.25, -0.2) is 0 Å². The fourth-order valence-corrected chi connectivity index (χ4v) is 1.38. The summed E-state index contributed by atoms with van der Waals surface area (Å²) >= 11 is 0. The van der Waals surface area contributed by atoms with E-state index >= 15 is 0 Å². The van der Waals surface area contributed by atoms with Crippen LogP contribution in [0.15, 0.2) is 0 Å². The lowest BCUT2D eigenvalue weighted by atomic mass is 9.99. The summed E-state index contributed by atoms with van der Waals surface area (Å²) in [5.74, 6) is 0. The second-order valence-electron chi connectivity index (χ2n) is 7.46. The van der Waals surface area contributed by atoms with E-state index in [1.165, 1.54) is 0 Å². The molecule has 128 valence electrons. The van der Waals surface area contributed by atoms with Crippen molar-refractivity contribution in [3.8, 4) is 0 Å². The van der Waals surface area contributed by atoms with Crippen LogP contribution in [0.1, 0.15) is 20.8 Å². The summed E-state index contributed by atoms with van der Waals surface area (Å²) in [6.45, 7) is 12.8. The molecule has 0 N–H and O–H groups in total. The molecule has 0 atom stereocenters. The quantitative estimate of drug-likeness (QED) is 0.384. The number of ether oxygens (including phenoxy) is 4. The van der Waals surface area contributed by atoms with Gasteiger partial charge in [-0.15, -0.1) is 0 Å². The van der Waals surface area contributed by atoms with Crippen molar-refractivity contribution in [2.24, 2.45) is 5.41 Å². The van der Waals surface area contributed by atoms with Gasteiger partial charge in [0.05, 0.1) is 74.0 Å². The molecule has 0 aliphatic heterocycles. The minimum atomic E-state index is 0.217. The first kappa shape index (κ1) is 20.8. The third kappa shape index (κ3) is 19.8. The highest BCUT2D eigenvalue weighted by Gasteiger charge is 2.09. The molecule has 0 amide bonds. The molecule has 0 spiro atoms. The molecule has 0 aliphatic rings. The van der Waals surface area contributed by atoms with Crippen LogP contribution in [-0.4, -0.2) is 85.0 Å². The molecule has 0 saturated carbocycles. The second-order valence-corrected chi connectivity index (χ2v) is 7.46. The summed E-state index contributed by atoms with van der Waals surface area (Å²) in [6, 6.07) is 0. The van der Waals surface area contributed by atoms with Gasteiger partial charge in [0, 0.05) is 0 Å². The molecule has 0 unspecified atom stereocenters. The summed E-state index contributed by atoms with van der Waals surface area (Å²) < 4.78 is 22.8. The molecule has 5 nitrogen and oxygen atoms in total. The van der Waals surface area contributed by atoms with Crippen molar-refractivity contribution in [3.63, 3.8) is 0 Å². The second kappa shape index (κ2) is 11.4. The average molecular weight is 306 g/mol. The van der Waals surface area contributed by atoms with E-state index in [0.29, 0.717) is 39.6 Å². The normalized spacial score (nSPS) is 12.9. The highest BCUT2D eigenvalue weighted by Crippen LogP contribution is 2.12. The zero-order valence-corrected chi connectivity index (χ0v) is 14.9. The van der Waals surface area contributed by atoms with E-state index in [0.717, 1.165) is 24.2 Å². The molecule has 0 bridgehead atoms. The number of rotatable bonds is 13. The highest BCUT2D eigenvalue weighted by molar-refractivity contribution is 4.58. The SMILES string of the molecule is CC(C)(C)COCCOCCOCCOCC[N+](C)(C)C. The van der Waals surface area contributed by atoms with Gasteiger partial charge in [0.1, 0.15) is 6.54 Å². The van der Waals surface area contributed by atoms with Gasteiger partial charge in [0.15, 0.2) is 0 Å². The molecule has 0 heterocycles. The van der Waals surface area contributed by atoms with Crippen molar-refractivity contribution in [2.45, 2.75) is 20.8 Å². The van der Waals surface area contributed by atoms with Crippen LogP contribution in [0.25, 0.3) is 0 Å². The van der Waals surface area contributed by atoms with Crippen molar-refractivity contribution in [2.75, 3.05) is 80.5 Å². The van der Waals surface area contributed by atoms with Gasteiger partial charge in [-0.05, 0) is 5.41 Å². The smallest absolute Gasteiger partial charge is 0.102 e. The lowest BCUT2D eigenvalue weighted by molar-refractivity contribution is -0.870. The number of likely N-dealkylation sites (N-methyl/N-ethyl adjacent to an activating group) is 1. The van der Waals surface area contributed by atoms with Crippen LogP contribution in [0, 0.1) is 5.41 Å². The maximum atomic E-state index is 5.51. The van der Waals surface area contributed by atoms with Crippen molar-refractivity contribution in [1.82, 2.24) is 0 Å². The average Bonchev–Trinajstić information content (AvgIpc) is 2.32. The fraction of sp³-hybridized carbons (Fsp3) is 1.00. The molecule has 0 rings (SSSR count). The number of hydrogen-bond acceptors (Lipinski definition) is 4. The molecular weight excluding hydrogens is 270 g/mol. The molecular formula is C16H36NO4+. The maximum absolute atomic E-state index is 5.51. The zero-order valence-electron chi connectivity index (χ0n) is 14.9. The molecule has 0 aromatic rings. The number of quaternary nitrogens is 1. The largest absolute Gasteiger partial charge is 0.379 e. The summed E-state index contributed by atoms with van der Waals surface area (Å²) in [5.41, 5.74) is 0.217. The van der Waals surface area contributed by atoms with Crippen molar-refractivity contribution in [1.29, 1.82) is 0 Å². The summed E-state index contributed by atoms with van der Waals surface area (Å²) in [5, 5.41) is 0. The monoisotopic (exact) mass is 306 g/mol. The topological polar surface area (TPSA) is 36.9 Å². The highest BCUT2D eigenvalue weighted by atomic mass is 16.6. The Hall–Kier alpha value is -0.200. The van der Waals surface area contributed by atoms with E-state index in [1.54, 1.807) is 0 Å². The van der Waals surface area contributed by atoms with Crippen molar-refractivity contribution >= 4 is 0 Å². The van der Waals surface area contributed by atoms with Crippen molar-refractivity contribution in [3.05, 3.63) is 0 Å². The number of nitrogens with zero attached hydrogens (tertiary/aromatic N) is 1. The lowest BCUT2D eigenvalue weighted by Crippen LogP contribution is -2.37. The zero-order chi connectivity index (χ0) is 16.2. The molecule has 0 fully saturated rings. The number of hydrogen-bond donors (Lipinski definition) is 0. The third-order valence-electron chi connectivity index (χ3n) is 2.56.